The van der Waals surface area contributed by atoms with E-state index in [-0.39, 0.29) is 11.9 Å². The number of urea groups is 1. The zero-order valence-corrected chi connectivity index (χ0v) is 17.7. The molecule has 0 unspecified atom stereocenters. The van der Waals surface area contributed by atoms with Crippen LogP contribution in [0.15, 0.2) is 30.3 Å². The maximum Gasteiger partial charge on any atom is 0.321 e. The second kappa shape index (κ2) is 11.2. The lowest BCUT2D eigenvalue weighted by molar-refractivity contribution is -0.122. The highest BCUT2D eigenvalue weighted by Crippen LogP contribution is 2.21. The fourth-order valence-electron chi connectivity index (χ4n) is 4.40. The smallest absolute Gasteiger partial charge is 0.321 e. The van der Waals surface area contributed by atoms with Gasteiger partial charge in [-0.25, -0.2) is 4.79 Å². The quantitative estimate of drug-likeness (QED) is 0.686. The molecule has 1 aromatic carbocycles. The molecule has 0 saturated carbocycles. The number of likely N-dealkylation sites (tertiary alicyclic amines) is 2. The zero-order chi connectivity index (χ0) is 20.5. The van der Waals surface area contributed by atoms with Crippen molar-refractivity contribution in [3.05, 3.63) is 30.3 Å². The van der Waals surface area contributed by atoms with E-state index in [1.54, 1.807) is 0 Å². The molecule has 0 aliphatic carbocycles. The van der Waals surface area contributed by atoms with Gasteiger partial charge < -0.3 is 20.4 Å². The van der Waals surface area contributed by atoms with Gasteiger partial charge in [-0.2, -0.15) is 0 Å². The summed E-state index contributed by atoms with van der Waals surface area (Å²) in [5.41, 5.74) is 0.818. The summed E-state index contributed by atoms with van der Waals surface area (Å²) in [6.45, 7) is 6.78. The highest BCUT2D eigenvalue weighted by molar-refractivity contribution is 5.89. The van der Waals surface area contributed by atoms with E-state index in [4.69, 9.17) is 0 Å². The number of hydrogen-bond acceptors (Lipinski definition) is 3. The molecule has 0 bridgehead atoms. The third-order valence-corrected chi connectivity index (χ3v) is 6.29. The van der Waals surface area contributed by atoms with E-state index in [0.29, 0.717) is 31.5 Å². The summed E-state index contributed by atoms with van der Waals surface area (Å²) in [5.74, 6) is 0.529. The second-order valence-electron chi connectivity index (χ2n) is 8.52. The number of rotatable bonds is 7. The van der Waals surface area contributed by atoms with Crippen molar-refractivity contribution < 1.29 is 9.59 Å². The molecule has 2 N–H and O–H groups in total. The van der Waals surface area contributed by atoms with E-state index in [1.807, 2.05) is 35.2 Å². The summed E-state index contributed by atoms with van der Waals surface area (Å²) in [4.78, 5) is 29.0. The van der Waals surface area contributed by atoms with Crippen molar-refractivity contribution >= 4 is 17.6 Å². The standard InChI is InChI=1S/C23H36N4O2/c1-19-8-5-6-14-26(19)15-7-13-24-22(28)18-20-11-16-27(17-12-20)23(29)25-21-9-3-2-4-10-21/h2-4,9-10,19-20H,5-8,11-18H2,1H3,(H,24,28)(H,25,29)/t19-/m0/s1. The van der Waals surface area contributed by atoms with E-state index in [9.17, 15) is 9.59 Å². The molecule has 0 aromatic heterocycles. The Morgan fingerprint density at radius 2 is 1.79 bits per heavy atom. The first kappa shape index (κ1) is 21.6. The van der Waals surface area contributed by atoms with Crippen molar-refractivity contribution in [2.24, 2.45) is 5.92 Å². The molecule has 6 heteroatoms. The first-order valence-electron chi connectivity index (χ1n) is 11.2. The molecule has 3 amide bonds. The molecule has 0 radical (unpaired) electrons. The van der Waals surface area contributed by atoms with Gasteiger partial charge in [0.15, 0.2) is 0 Å². The number of anilines is 1. The molecular formula is C23H36N4O2. The molecule has 160 valence electrons. The van der Waals surface area contributed by atoms with Crippen molar-refractivity contribution in [3.8, 4) is 0 Å². The molecule has 3 rings (SSSR count). The second-order valence-corrected chi connectivity index (χ2v) is 8.52. The van der Waals surface area contributed by atoms with Crippen LogP contribution in [-0.2, 0) is 4.79 Å². The summed E-state index contributed by atoms with van der Waals surface area (Å²) in [6.07, 6.45) is 7.33. The minimum atomic E-state index is -0.0500. The van der Waals surface area contributed by atoms with Gasteiger partial charge in [-0.1, -0.05) is 24.6 Å². The van der Waals surface area contributed by atoms with Crippen LogP contribution >= 0.6 is 0 Å². The summed E-state index contributed by atoms with van der Waals surface area (Å²) in [5, 5.41) is 6.03. The Morgan fingerprint density at radius 1 is 1.03 bits per heavy atom. The number of benzene rings is 1. The van der Waals surface area contributed by atoms with Crippen molar-refractivity contribution in [1.29, 1.82) is 0 Å². The molecule has 1 aromatic rings. The van der Waals surface area contributed by atoms with E-state index in [2.05, 4.69) is 22.5 Å². The maximum absolute atomic E-state index is 12.4. The summed E-state index contributed by atoms with van der Waals surface area (Å²) in [7, 11) is 0. The summed E-state index contributed by atoms with van der Waals surface area (Å²) in [6, 6.07) is 10.2. The van der Waals surface area contributed by atoms with Crippen LogP contribution in [0.25, 0.3) is 0 Å². The molecule has 2 aliphatic heterocycles. The minimum absolute atomic E-state index is 0.0500. The van der Waals surface area contributed by atoms with E-state index >= 15 is 0 Å². The van der Waals surface area contributed by atoms with Gasteiger partial charge >= 0.3 is 6.03 Å². The molecule has 6 nitrogen and oxygen atoms in total. The Balaban J connectivity index is 1.28. The Hall–Kier alpha value is -2.08. The highest BCUT2D eigenvalue weighted by Gasteiger charge is 2.24. The van der Waals surface area contributed by atoms with Gasteiger partial charge in [0, 0.05) is 44.3 Å². The first-order valence-corrected chi connectivity index (χ1v) is 11.2. The van der Waals surface area contributed by atoms with E-state index < -0.39 is 0 Å². The molecule has 0 spiro atoms. The number of para-hydroxylation sites is 1. The number of nitrogens with one attached hydrogen (secondary N) is 2. The largest absolute Gasteiger partial charge is 0.356 e. The number of hydrogen-bond donors (Lipinski definition) is 2. The average Bonchev–Trinajstić information content (AvgIpc) is 2.73. The summed E-state index contributed by atoms with van der Waals surface area (Å²) >= 11 is 0. The van der Waals surface area contributed by atoms with Crippen molar-refractivity contribution in [2.75, 3.05) is 38.0 Å². The fraction of sp³-hybridized carbons (Fsp3) is 0.652. The molecule has 29 heavy (non-hydrogen) atoms. The lowest BCUT2D eigenvalue weighted by Crippen LogP contribution is -2.42. The van der Waals surface area contributed by atoms with Crippen LogP contribution in [0.5, 0.6) is 0 Å². The third-order valence-electron chi connectivity index (χ3n) is 6.29. The normalized spacial score (nSPS) is 21.0. The van der Waals surface area contributed by atoms with E-state index in [0.717, 1.165) is 38.0 Å². The number of amides is 3. The van der Waals surface area contributed by atoms with Crippen molar-refractivity contribution in [1.82, 2.24) is 15.1 Å². The monoisotopic (exact) mass is 400 g/mol. The van der Waals surface area contributed by atoms with Gasteiger partial charge in [-0.15, -0.1) is 0 Å². The topological polar surface area (TPSA) is 64.7 Å². The van der Waals surface area contributed by atoms with Gasteiger partial charge in [0.2, 0.25) is 5.91 Å². The van der Waals surface area contributed by atoms with Gasteiger partial charge in [-0.3, -0.25) is 4.79 Å². The lowest BCUT2D eigenvalue weighted by Gasteiger charge is -2.33. The molecule has 2 aliphatic rings. The SMILES string of the molecule is C[C@H]1CCCCN1CCCNC(=O)CC1CCN(C(=O)Nc2ccccc2)CC1. The van der Waals surface area contributed by atoms with Crippen LogP contribution in [0, 0.1) is 5.92 Å². The van der Waals surface area contributed by atoms with E-state index in [1.165, 1.54) is 25.8 Å². The van der Waals surface area contributed by atoms with Crippen molar-refractivity contribution in [3.63, 3.8) is 0 Å². The Kier molecular flexibility index (Phi) is 8.35. The highest BCUT2D eigenvalue weighted by atomic mass is 16.2. The Morgan fingerprint density at radius 3 is 2.52 bits per heavy atom. The molecular weight excluding hydrogens is 364 g/mol. The Labute approximate surface area is 175 Å². The molecule has 1 atom stereocenters. The number of piperidine rings is 2. The van der Waals surface area contributed by atoms with Crippen LogP contribution in [0.4, 0.5) is 10.5 Å². The van der Waals surface area contributed by atoms with Crippen LogP contribution in [0.2, 0.25) is 0 Å². The van der Waals surface area contributed by atoms with Gasteiger partial charge in [0.25, 0.3) is 0 Å². The zero-order valence-electron chi connectivity index (χ0n) is 17.7. The Bertz CT molecular complexity index is 644. The van der Waals surface area contributed by atoms with Gasteiger partial charge in [-0.05, 0) is 63.6 Å². The van der Waals surface area contributed by atoms with Crippen molar-refractivity contribution in [2.45, 2.75) is 57.9 Å². The van der Waals surface area contributed by atoms with Crippen LogP contribution < -0.4 is 10.6 Å². The fourth-order valence-corrected chi connectivity index (χ4v) is 4.40. The van der Waals surface area contributed by atoms with Crippen LogP contribution in [-0.4, -0.2) is 60.5 Å². The predicted octanol–water partition coefficient (Wildman–Crippen LogP) is 3.70. The predicted molar refractivity (Wildman–Crippen MR) is 117 cm³/mol. The maximum atomic E-state index is 12.4. The summed E-state index contributed by atoms with van der Waals surface area (Å²) < 4.78 is 0. The third kappa shape index (κ3) is 7.03. The molecule has 2 heterocycles. The number of carbonyl (C=O) groups is 2. The first-order chi connectivity index (χ1) is 14.1. The number of nitrogens with zero attached hydrogens (tertiary/aromatic N) is 2. The van der Waals surface area contributed by atoms with Gasteiger partial charge in [0.05, 0.1) is 0 Å². The number of carbonyl (C=O) groups excluding carboxylic acids is 2. The lowest BCUT2D eigenvalue weighted by atomic mass is 9.93. The minimum Gasteiger partial charge on any atom is -0.356 e. The van der Waals surface area contributed by atoms with Crippen LogP contribution in [0.3, 0.4) is 0 Å². The molecule has 2 saturated heterocycles. The van der Waals surface area contributed by atoms with Gasteiger partial charge in [0.1, 0.15) is 0 Å². The molecule has 2 fully saturated rings. The average molecular weight is 401 g/mol. The van der Waals surface area contributed by atoms with Crippen LogP contribution in [0.1, 0.15) is 51.9 Å².